The Morgan fingerprint density at radius 3 is 2.61 bits per heavy atom. The number of nitrogens with zero attached hydrogens (tertiary/aromatic N) is 5. The molecule has 198 valence electrons. The number of morpholine rings is 1. The standard InChI is InChI=1S/C25H25FN6O5S/c26-20-3-1-2-18(14-20)16-30-17-28-23-22(25(30)34)15-29-32(23)9-8-27-24(33)19-4-6-21(7-5-19)38(35,36)31-10-12-37-13-11-31/h1-7,14-15,17H,8-13,16H2,(H,27,33). The van der Waals surface area contributed by atoms with Gasteiger partial charge in [0.25, 0.3) is 11.5 Å². The lowest BCUT2D eigenvalue weighted by Gasteiger charge is -2.26. The Bertz CT molecular complexity index is 1630. The van der Waals surface area contributed by atoms with Crippen molar-refractivity contribution < 1.29 is 22.3 Å². The van der Waals surface area contributed by atoms with Crippen molar-refractivity contribution in [3.8, 4) is 0 Å². The minimum atomic E-state index is -3.64. The molecule has 0 saturated carbocycles. The predicted octanol–water partition coefficient (Wildman–Crippen LogP) is 1.23. The van der Waals surface area contributed by atoms with E-state index in [1.54, 1.807) is 12.1 Å². The first-order valence-corrected chi connectivity index (χ1v) is 13.4. The quantitative estimate of drug-likeness (QED) is 0.356. The molecule has 0 radical (unpaired) electrons. The largest absolute Gasteiger partial charge is 0.379 e. The fourth-order valence-corrected chi connectivity index (χ4v) is 5.61. The van der Waals surface area contributed by atoms with E-state index < -0.39 is 10.0 Å². The molecule has 1 aliphatic heterocycles. The van der Waals surface area contributed by atoms with Crippen LogP contribution < -0.4 is 10.9 Å². The summed E-state index contributed by atoms with van der Waals surface area (Å²) in [6.45, 7) is 1.94. The van der Waals surface area contributed by atoms with Crippen molar-refractivity contribution in [2.45, 2.75) is 18.0 Å². The van der Waals surface area contributed by atoms with Crippen LogP contribution >= 0.6 is 0 Å². The van der Waals surface area contributed by atoms with Crippen molar-refractivity contribution in [3.63, 3.8) is 0 Å². The van der Waals surface area contributed by atoms with E-state index in [0.29, 0.717) is 48.5 Å². The molecule has 3 heterocycles. The van der Waals surface area contributed by atoms with Crippen molar-refractivity contribution in [1.29, 1.82) is 0 Å². The third kappa shape index (κ3) is 5.35. The number of benzene rings is 2. The van der Waals surface area contributed by atoms with Crippen LogP contribution in [0.1, 0.15) is 15.9 Å². The Balaban J connectivity index is 1.21. The number of carbonyl (C=O) groups is 1. The minimum absolute atomic E-state index is 0.119. The maximum atomic E-state index is 13.5. The van der Waals surface area contributed by atoms with Gasteiger partial charge in [-0.05, 0) is 42.0 Å². The first-order chi connectivity index (χ1) is 18.3. The first kappa shape index (κ1) is 25.7. The molecule has 0 unspecified atom stereocenters. The van der Waals surface area contributed by atoms with E-state index in [-0.39, 0.29) is 41.8 Å². The molecule has 2 aromatic heterocycles. The predicted molar refractivity (Wildman–Crippen MR) is 136 cm³/mol. The summed E-state index contributed by atoms with van der Waals surface area (Å²) in [5.41, 5.74) is 1.02. The second kappa shape index (κ2) is 10.8. The number of ether oxygens (including phenoxy) is 1. The van der Waals surface area contributed by atoms with E-state index in [1.807, 2.05) is 0 Å². The maximum absolute atomic E-state index is 13.5. The van der Waals surface area contributed by atoms with Crippen LogP contribution in [-0.2, 0) is 27.8 Å². The Labute approximate surface area is 217 Å². The molecule has 1 fully saturated rings. The summed E-state index contributed by atoms with van der Waals surface area (Å²) < 4.78 is 48.4. The molecule has 38 heavy (non-hydrogen) atoms. The third-order valence-electron chi connectivity index (χ3n) is 6.20. The van der Waals surface area contributed by atoms with Crippen LogP contribution in [0.15, 0.2) is 70.7 Å². The zero-order valence-corrected chi connectivity index (χ0v) is 21.1. The molecule has 0 bridgehead atoms. The summed E-state index contributed by atoms with van der Waals surface area (Å²) in [5.74, 6) is -0.754. The number of hydrogen-bond acceptors (Lipinski definition) is 7. The van der Waals surface area contributed by atoms with Gasteiger partial charge in [0.1, 0.15) is 17.5 Å². The third-order valence-corrected chi connectivity index (χ3v) is 8.11. The molecule has 1 saturated heterocycles. The average Bonchev–Trinajstić information content (AvgIpc) is 3.34. The van der Waals surface area contributed by atoms with Crippen LogP contribution in [-0.4, -0.2) is 70.8 Å². The van der Waals surface area contributed by atoms with Crippen LogP contribution in [0.4, 0.5) is 4.39 Å². The van der Waals surface area contributed by atoms with Gasteiger partial charge >= 0.3 is 0 Å². The maximum Gasteiger partial charge on any atom is 0.264 e. The second-order valence-electron chi connectivity index (χ2n) is 8.71. The van der Waals surface area contributed by atoms with Crippen LogP contribution in [0.5, 0.6) is 0 Å². The molecule has 1 aliphatic rings. The molecule has 2 aromatic carbocycles. The number of halogens is 1. The van der Waals surface area contributed by atoms with E-state index in [1.165, 1.54) is 62.5 Å². The van der Waals surface area contributed by atoms with Gasteiger partial charge in [-0.25, -0.2) is 22.5 Å². The van der Waals surface area contributed by atoms with Crippen molar-refractivity contribution in [3.05, 3.63) is 88.4 Å². The summed E-state index contributed by atoms with van der Waals surface area (Å²) in [6.07, 6.45) is 2.81. The number of sulfonamides is 1. The minimum Gasteiger partial charge on any atom is -0.379 e. The highest BCUT2D eigenvalue weighted by atomic mass is 32.2. The molecular weight excluding hydrogens is 515 g/mol. The zero-order chi connectivity index (χ0) is 26.7. The molecule has 1 N–H and O–H groups in total. The molecule has 0 spiro atoms. The van der Waals surface area contributed by atoms with Gasteiger partial charge in [0, 0.05) is 25.2 Å². The zero-order valence-electron chi connectivity index (χ0n) is 20.3. The van der Waals surface area contributed by atoms with Gasteiger partial charge in [0.15, 0.2) is 5.65 Å². The molecule has 0 aliphatic carbocycles. The average molecular weight is 541 g/mol. The highest BCUT2D eigenvalue weighted by Crippen LogP contribution is 2.18. The van der Waals surface area contributed by atoms with Crippen molar-refractivity contribution >= 4 is 27.0 Å². The van der Waals surface area contributed by atoms with E-state index >= 15 is 0 Å². The van der Waals surface area contributed by atoms with Crippen LogP contribution in [0.25, 0.3) is 11.0 Å². The van der Waals surface area contributed by atoms with E-state index in [2.05, 4.69) is 15.4 Å². The van der Waals surface area contributed by atoms with Gasteiger partial charge in [-0.3, -0.25) is 14.2 Å². The number of nitrogens with one attached hydrogen (secondary N) is 1. The lowest BCUT2D eigenvalue weighted by atomic mass is 10.2. The lowest BCUT2D eigenvalue weighted by molar-refractivity contribution is 0.0730. The fraction of sp³-hybridized carbons (Fsp3) is 0.280. The Morgan fingerprint density at radius 1 is 1.11 bits per heavy atom. The van der Waals surface area contributed by atoms with E-state index in [9.17, 15) is 22.4 Å². The molecule has 4 aromatic rings. The topological polar surface area (TPSA) is 128 Å². The fourth-order valence-electron chi connectivity index (χ4n) is 4.20. The van der Waals surface area contributed by atoms with Crippen LogP contribution in [0, 0.1) is 5.82 Å². The molecule has 5 rings (SSSR count). The first-order valence-electron chi connectivity index (χ1n) is 11.9. The Hall–Kier alpha value is -3.94. The number of carbonyl (C=O) groups excluding carboxylic acids is 1. The normalized spacial score (nSPS) is 14.6. The van der Waals surface area contributed by atoms with E-state index in [4.69, 9.17) is 4.74 Å². The summed E-state index contributed by atoms with van der Waals surface area (Å²) in [7, 11) is -3.64. The highest BCUT2D eigenvalue weighted by molar-refractivity contribution is 7.89. The molecular formula is C25H25FN6O5S. The van der Waals surface area contributed by atoms with Gasteiger partial charge in [0.2, 0.25) is 10.0 Å². The summed E-state index contributed by atoms with van der Waals surface area (Å²) in [5, 5.41) is 7.30. The monoisotopic (exact) mass is 540 g/mol. The number of hydrogen-bond donors (Lipinski definition) is 1. The number of fused-ring (bicyclic) bond motifs is 1. The van der Waals surface area contributed by atoms with Crippen molar-refractivity contribution in [2.24, 2.45) is 0 Å². The van der Waals surface area contributed by atoms with Crippen molar-refractivity contribution in [1.82, 2.24) is 29.0 Å². The van der Waals surface area contributed by atoms with Gasteiger partial charge < -0.3 is 10.1 Å². The number of rotatable bonds is 8. The van der Waals surface area contributed by atoms with Gasteiger partial charge in [-0.1, -0.05) is 12.1 Å². The van der Waals surface area contributed by atoms with Gasteiger partial charge in [0.05, 0.1) is 37.4 Å². The number of aromatic nitrogens is 4. The lowest BCUT2D eigenvalue weighted by Crippen LogP contribution is -2.40. The summed E-state index contributed by atoms with van der Waals surface area (Å²) in [6, 6.07) is 11.8. The molecule has 1 amide bonds. The summed E-state index contributed by atoms with van der Waals surface area (Å²) >= 11 is 0. The van der Waals surface area contributed by atoms with Crippen molar-refractivity contribution in [2.75, 3.05) is 32.8 Å². The second-order valence-corrected chi connectivity index (χ2v) is 10.6. The van der Waals surface area contributed by atoms with Crippen LogP contribution in [0.2, 0.25) is 0 Å². The number of amides is 1. The van der Waals surface area contributed by atoms with Gasteiger partial charge in [-0.15, -0.1) is 0 Å². The Morgan fingerprint density at radius 2 is 1.87 bits per heavy atom. The highest BCUT2D eigenvalue weighted by Gasteiger charge is 2.26. The smallest absolute Gasteiger partial charge is 0.264 e. The van der Waals surface area contributed by atoms with Gasteiger partial charge in [-0.2, -0.15) is 9.40 Å². The SMILES string of the molecule is O=C(NCCn1ncc2c(=O)n(Cc3cccc(F)c3)cnc21)c1ccc(S(=O)(=O)N2CCOCC2)cc1. The summed E-state index contributed by atoms with van der Waals surface area (Å²) in [4.78, 5) is 29.9. The molecule has 0 atom stereocenters. The Kier molecular flexibility index (Phi) is 7.31. The van der Waals surface area contributed by atoms with E-state index in [0.717, 1.165) is 0 Å². The molecule has 13 heteroatoms. The van der Waals surface area contributed by atoms with Crippen LogP contribution in [0.3, 0.4) is 0 Å². The molecule has 11 nitrogen and oxygen atoms in total.